The first-order valence-corrected chi connectivity index (χ1v) is 8.08. The van der Waals surface area contributed by atoms with Crippen molar-refractivity contribution in [3.05, 3.63) is 53.7 Å². The number of nitrogens with zero attached hydrogens (tertiary/aromatic N) is 5. The summed E-state index contributed by atoms with van der Waals surface area (Å²) in [4.78, 5) is 30.5. The molecule has 0 spiro atoms. The fourth-order valence-corrected chi connectivity index (χ4v) is 2.32. The summed E-state index contributed by atoms with van der Waals surface area (Å²) in [5.74, 6) is -1.50. The number of carboxylic acids is 1. The summed E-state index contributed by atoms with van der Waals surface area (Å²) >= 11 is 0. The minimum absolute atomic E-state index is 0.0178. The van der Waals surface area contributed by atoms with Crippen LogP contribution in [0, 0.1) is 5.95 Å². The zero-order chi connectivity index (χ0) is 20.1. The van der Waals surface area contributed by atoms with Gasteiger partial charge in [-0.15, -0.1) is 5.10 Å². The highest BCUT2D eigenvalue weighted by atomic mass is 19.1. The fraction of sp³-hybridized carbons (Fsp3) is 0.176. The van der Waals surface area contributed by atoms with Crippen molar-refractivity contribution in [3.63, 3.8) is 0 Å². The second-order valence-electron chi connectivity index (χ2n) is 5.61. The molecule has 0 radical (unpaired) electrons. The van der Waals surface area contributed by atoms with Gasteiger partial charge in [0.15, 0.2) is 11.5 Å². The van der Waals surface area contributed by atoms with E-state index in [0.29, 0.717) is 11.3 Å². The molecular weight excluding hydrogens is 371 g/mol. The van der Waals surface area contributed by atoms with E-state index < -0.39 is 18.0 Å². The van der Waals surface area contributed by atoms with Gasteiger partial charge in [-0.1, -0.05) is 11.3 Å². The van der Waals surface area contributed by atoms with Gasteiger partial charge in [0.05, 0.1) is 17.9 Å². The highest BCUT2D eigenvalue weighted by Gasteiger charge is 2.18. The van der Waals surface area contributed by atoms with Gasteiger partial charge in [0.1, 0.15) is 0 Å². The predicted octanol–water partition coefficient (Wildman–Crippen LogP) is 1.90. The SMILES string of the molecule is Cn1nnc(-c2ccc(C(=O)O)cn2)c1NC(=O)OCCc1cccnc1F. The molecule has 1 amide bonds. The van der Waals surface area contributed by atoms with E-state index in [9.17, 15) is 14.0 Å². The molecule has 0 saturated carbocycles. The van der Waals surface area contributed by atoms with E-state index in [0.717, 1.165) is 0 Å². The Kier molecular flexibility index (Phi) is 5.53. The molecule has 0 fully saturated rings. The van der Waals surface area contributed by atoms with Crippen molar-refractivity contribution in [2.24, 2.45) is 7.05 Å². The number of carboxylic acid groups (broad SMARTS) is 1. The molecule has 0 aromatic carbocycles. The Morgan fingerprint density at radius 1 is 1.29 bits per heavy atom. The lowest BCUT2D eigenvalue weighted by Gasteiger charge is -2.08. The van der Waals surface area contributed by atoms with E-state index in [1.165, 1.54) is 29.2 Å². The van der Waals surface area contributed by atoms with Crippen LogP contribution in [0.5, 0.6) is 0 Å². The lowest BCUT2D eigenvalue weighted by Crippen LogP contribution is -2.18. The molecule has 0 aliphatic rings. The monoisotopic (exact) mass is 386 g/mol. The highest BCUT2D eigenvalue weighted by Crippen LogP contribution is 2.23. The number of aromatic carboxylic acids is 1. The molecule has 0 atom stereocenters. The number of carbonyl (C=O) groups excluding carboxylic acids is 1. The minimum atomic E-state index is -1.11. The van der Waals surface area contributed by atoms with Gasteiger partial charge in [-0.05, 0) is 18.2 Å². The summed E-state index contributed by atoms with van der Waals surface area (Å²) in [7, 11) is 1.56. The number of nitrogens with one attached hydrogen (secondary N) is 1. The molecule has 11 heteroatoms. The topological polar surface area (TPSA) is 132 Å². The van der Waals surface area contributed by atoms with Crippen molar-refractivity contribution in [2.45, 2.75) is 6.42 Å². The molecule has 28 heavy (non-hydrogen) atoms. The quantitative estimate of drug-likeness (QED) is 0.614. The maximum Gasteiger partial charge on any atom is 0.412 e. The molecule has 2 N–H and O–H groups in total. The van der Waals surface area contributed by atoms with E-state index >= 15 is 0 Å². The number of carbonyl (C=O) groups is 2. The third-order valence-electron chi connectivity index (χ3n) is 3.74. The number of aryl methyl sites for hydroxylation is 1. The molecule has 0 unspecified atom stereocenters. The molecule has 0 saturated heterocycles. The first-order valence-electron chi connectivity index (χ1n) is 8.08. The molecule has 10 nitrogen and oxygen atoms in total. The lowest BCUT2D eigenvalue weighted by atomic mass is 10.2. The molecule has 3 aromatic rings. The second-order valence-corrected chi connectivity index (χ2v) is 5.61. The molecule has 144 valence electrons. The average molecular weight is 386 g/mol. The van der Waals surface area contributed by atoms with Crippen LogP contribution in [-0.2, 0) is 18.2 Å². The molecular formula is C17H15FN6O4. The number of hydrogen-bond acceptors (Lipinski definition) is 7. The largest absolute Gasteiger partial charge is 0.478 e. The Morgan fingerprint density at radius 2 is 2.11 bits per heavy atom. The Morgan fingerprint density at radius 3 is 2.79 bits per heavy atom. The maximum atomic E-state index is 13.5. The standard InChI is InChI=1S/C17H15FN6O4/c1-24-15(13(22-23-24)12-5-4-11(9-20-12)16(25)26)21-17(27)28-8-6-10-3-2-7-19-14(10)18/h2-5,7,9H,6,8H2,1H3,(H,21,27)(H,25,26). The first kappa shape index (κ1) is 18.9. The van der Waals surface area contributed by atoms with E-state index in [1.54, 1.807) is 19.2 Å². The maximum absolute atomic E-state index is 13.5. The number of ether oxygens (including phenoxy) is 1. The van der Waals surface area contributed by atoms with Crippen LogP contribution in [-0.4, -0.2) is 48.7 Å². The van der Waals surface area contributed by atoms with E-state index in [1.807, 2.05) is 0 Å². The van der Waals surface area contributed by atoms with Gasteiger partial charge in [-0.25, -0.2) is 19.3 Å². The van der Waals surface area contributed by atoms with Crippen molar-refractivity contribution < 1.29 is 23.8 Å². The molecule has 3 heterocycles. The Labute approximate surface area is 158 Å². The van der Waals surface area contributed by atoms with Crippen molar-refractivity contribution in [2.75, 3.05) is 11.9 Å². The fourth-order valence-electron chi connectivity index (χ4n) is 2.32. The number of amides is 1. The van der Waals surface area contributed by atoms with Gasteiger partial charge in [0.25, 0.3) is 0 Å². The number of aromatic nitrogens is 5. The normalized spacial score (nSPS) is 10.5. The summed E-state index contributed by atoms with van der Waals surface area (Å²) < 4.78 is 19.8. The number of anilines is 1. The van der Waals surface area contributed by atoms with Crippen LogP contribution in [0.3, 0.4) is 0 Å². The lowest BCUT2D eigenvalue weighted by molar-refractivity contribution is 0.0696. The van der Waals surface area contributed by atoms with Crippen LogP contribution in [0.1, 0.15) is 15.9 Å². The van der Waals surface area contributed by atoms with Crippen molar-refractivity contribution >= 4 is 17.9 Å². The summed E-state index contributed by atoms with van der Waals surface area (Å²) in [6, 6.07) is 5.97. The minimum Gasteiger partial charge on any atom is -0.478 e. The van der Waals surface area contributed by atoms with Crippen LogP contribution in [0.25, 0.3) is 11.4 Å². The Balaban J connectivity index is 1.65. The summed E-state index contributed by atoms with van der Waals surface area (Å²) in [5.41, 5.74) is 0.922. The van der Waals surface area contributed by atoms with Gasteiger partial charge in [-0.3, -0.25) is 10.3 Å². The van der Waals surface area contributed by atoms with Gasteiger partial charge in [0, 0.05) is 31.4 Å². The van der Waals surface area contributed by atoms with E-state index in [2.05, 4.69) is 25.6 Å². The van der Waals surface area contributed by atoms with E-state index in [-0.39, 0.29) is 30.1 Å². The third kappa shape index (κ3) is 4.26. The number of pyridine rings is 2. The summed E-state index contributed by atoms with van der Waals surface area (Å²) in [5, 5.41) is 19.2. The van der Waals surface area contributed by atoms with Crippen LogP contribution in [0.2, 0.25) is 0 Å². The first-order chi connectivity index (χ1) is 13.5. The summed E-state index contributed by atoms with van der Waals surface area (Å²) in [6.07, 6.45) is 1.90. The highest BCUT2D eigenvalue weighted by molar-refractivity contribution is 5.89. The van der Waals surface area contributed by atoms with Crippen LogP contribution in [0.15, 0.2) is 36.7 Å². The third-order valence-corrected chi connectivity index (χ3v) is 3.74. The van der Waals surface area contributed by atoms with Crippen LogP contribution in [0.4, 0.5) is 15.0 Å². The Hall–Kier alpha value is -3.89. The molecule has 0 aliphatic carbocycles. The van der Waals surface area contributed by atoms with Crippen molar-refractivity contribution in [3.8, 4) is 11.4 Å². The second kappa shape index (κ2) is 8.20. The van der Waals surface area contributed by atoms with Crippen molar-refractivity contribution in [1.82, 2.24) is 25.0 Å². The van der Waals surface area contributed by atoms with Crippen LogP contribution >= 0.6 is 0 Å². The zero-order valence-corrected chi connectivity index (χ0v) is 14.7. The summed E-state index contributed by atoms with van der Waals surface area (Å²) in [6.45, 7) is -0.0549. The van der Waals surface area contributed by atoms with Crippen molar-refractivity contribution in [1.29, 1.82) is 0 Å². The van der Waals surface area contributed by atoms with E-state index in [4.69, 9.17) is 9.84 Å². The molecule has 3 aromatic heterocycles. The molecule has 0 aliphatic heterocycles. The molecule has 0 bridgehead atoms. The predicted molar refractivity (Wildman–Crippen MR) is 94.1 cm³/mol. The van der Waals surface area contributed by atoms with Crippen LogP contribution < -0.4 is 5.32 Å². The Bertz CT molecular complexity index is 1010. The number of hydrogen-bond donors (Lipinski definition) is 2. The smallest absolute Gasteiger partial charge is 0.412 e. The van der Waals surface area contributed by atoms with Gasteiger partial charge < -0.3 is 9.84 Å². The van der Waals surface area contributed by atoms with Gasteiger partial charge in [0.2, 0.25) is 5.95 Å². The average Bonchev–Trinajstić information content (AvgIpc) is 3.04. The zero-order valence-electron chi connectivity index (χ0n) is 14.7. The molecule has 3 rings (SSSR count). The van der Waals surface area contributed by atoms with Gasteiger partial charge in [-0.2, -0.15) is 4.39 Å². The van der Waals surface area contributed by atoms with Gasteiger partial charge >= 0.3 is 12.1 Å². The number of halogens is 1. The number of rotatable bonds is 6.